The van der Waals surface area contributed by atoms with Crippen LogP contribution in [0.5, 0.6) is 11.5 Å². The summed E-state index contributed by atoms with van der Waals surface area (Å²) in [5.41, 5.74) is 2.65. The van der Waals surface area contributed by atoms with E-state index in [0.717, 1.165) is 16.7 Å². The molecule has 180 valence electrons. The van der Waals surface area contributed by atoms with Crippen molar-refractivity contribution in [1.29, 1.82) is 0 Å². The van der Waals surface area contributed by atoms with E-state index in [1.54, 1.807) is 19.3 Å². The van der Waals surface area contributed by atoms with Gasteiger partial charge in [-0.1, -0.05) is 77.5 Å². The molecule has 3 aromatic carbocycles. The lowest BCUT2D eigenvalue weighted by Crippen LogP contribution is -2.19. The summed E-state index contributed by atoms with van der Waals surface area (Å²) in [6, 6.07) is 22.8. The molecule has 1 aliphatic heterocycles. The minimum Gasteiger partial charge on any atom is -0.493 e. The molecule has 0 saturated carbocycles. The van der Waals surface area contributed by atoms with Gasteiger partial charge < -0.3 is 14.8 Å². The van der Waals surface area contributed by atoms with Crippen molar-refractivity contribution in [3.05, 3.63) is 93.9 Å². The lowest BCUT2D eigenvalue weighted by molar-refractivity contribution is -0.115. The molecule has 0 unspecified atom stereocenters. The first-order valence-electron chi connectivity index (χ1n) is 10.8. The van der Waals surface area contributed by atoms with E-state index in [4.69, 9.17) is 21.1 Å². The number of aromatic nitrogens is 2. The minimum absolute atomic E-state index is 0.238. The number of amidine groups is 1. The van der Waals surface area contributed by atoms with Crippen LogP contribution in [0.1, 0.15) is 11.1 Å². The van der Waals surface area contributed by atoms with E-state index in [-0.39, 0.29) is 5.91 Å². The van der Waals surface area contributed by atoms with Crippen LogP contribution in [0, 0.1) is 0 Å². The summed E-state index contributed by atoms with van der Waals surface area (Å²) in [4.78, 5) is 17.5. The maximum absolute atomic E-state index is 12.5. The van der Waals surface area contributed by atoms with Crippen LogP contribution in [0.2, 0.25) is 5.02 Å². The lowest BCUT2D eigenvalue weighted by atomic mass is 10.2. The summed E-state index contributed by atoms with van der Waals surface area (Å²) in [6.45, 7) is 0.430. The Morgan fingerprint density at radius 3 is 2.64 bits per heavy atom. The number of nitrogens with one attached hydrogen (secondary N) is 1. The van der Waals surface area contributed by atoms with Gasteiger partial charge in [0.25, 0.3) is 5.91 Å². The Kier molecular flexibility index (Phi) is 7.31. The van der Waals surface area contributed by atoms with Crippen molar-refractivity contribution in [1.82, 2.24) is 15.5 Å². The van der Waals surface area contributed by atoms with E-state index >= 15 is 0 Å². The molecule has 1 N–H and O–H groups in total. The fourth-order valence-corrected chi connectivity index (χ4v) is 5.27. The standard InChI is InChI=1S/C26H19ClN4O3S2/c1-33-21-13-17(11-12-20(21)34-15-16-7-3-2-4-8-16)14-22-23(32)28-25(35-22)29-26-31-30-24(36-26)18-9-5-6-10-19(18)27/h2-14H,15H2,1H3,(H,28,29,31,32). The summed E-state index contributed by atoms with van der Waals surface area (Å²) in [6.07, 6.45) is 1.78. The van der Waals surface area contributed by atoms with Gasteiger partial charge in [0.15, 0.2) is 21.7 Å². The SMILES string of the molecule is COc1cc(C=C2SC(=Nc3nnc(-c4ccccc4Cl)s3)NC2=O)ccc1OCc1ccccc1. The van der Waals surface area contributed by atoms with E-state index < -0.39 is 0 Å². The van der Waals surface area contributed by atoms with Gasteiger partial charge in [0, 0.05) is 5.56 Å². The third-order valence-electron chi connectivity index (χ3n) is 5.09. The Morgan fingerprint density at radius 2 is 1.83 bits per heavy atom. The van der Waals surface area contributed by atoms with E-state index in [0.29, 0.717) is 43.3 Å². The molecule has 0 atom stereocenters. The Labute approximate surface area is 220 Å². The van der Waals surface area contributed by atoms with Gasteiger partial charge in [0.2, 0.25) is 5.13 Å². The van der Waals surface area contributed by atoms with E-state index in [1.165, 1.54) is 23.1 Å². The fraction of sp³-hybridized carbons (Fsp3) is 0.0769. The predicted octanol–water partition coefficient (Wildman–Crippen LogP) is 6.34. The second-order valence-corrected chi connectivity index (χ2v) is 9.93. The lowest BCUT2D eigenvalue weighted by Gasteiger charge is -2.11. The van der Waals surface area contributed by atoms with Gasteiger partial charge in [-0.05, 0) is 47.2 Å². The number of carbonyl (C=O) groups is 1. The number of methoxy groups -OCH3 is 1. The number of amides is 1. The number of aliphatic imine (C=N–C) groups is 1. The highest BCUT2D eigenvalue weighted by Crippen LogP contribution is 2.35. The van der Waals surface area contributed by atoms with Crippen LogP contribution < -0.4 is 14.8 Å². The molecule has 4 aromatic rings. The number of thioether (sulfide) groups is 1. The topological polar surface area (TPSA) is 85.7 Å². The summed E-state index contributed by atoms with van der Waals surface area (Å²) in [5, 5.41) is 13.2. The number of halogens is 1. The molecule has 7 nitrogen and oxygen atoms in total. The number of hydrogen-bond acceptors (Lipinski definition) is 8. The molecule has 0 aliphatic carbocycles. The van der Waals surface area contributed by atoms with E-state index in [2.05, 4.69) is 20.5 Å². The second kappa shape index (κ2) is 10.9. The van der Waals surface area contributed by atoms with Crippen LogP contribution in [0.3, 0.4) is 0 Å². The number of rotatable bonds is 7. The van der Waals surface area contributed by atoms with Crippen molar-refractivity contribution in [3.8, 4) is 22.1 Å². The molecule has 2 heterocycles. The average molecular weight is 535 g/mol. The van der Waals surface area contributed by atoms with Crippen LogP contribution >= 0.6 is 34.7 Å². The maximum Gasteiger partial charge on any atom is 0.264 e. The number of benzene rings is 3. The van der Waals surface area contributed by atoms with Gasteiger partial charge in [0.1, 0.15) is 6.61 Å². The largest absolute Gasteiger partial charge is 0.493 e. The zero-order valence-electron chi connectivity index (χ0n) is 19.0. The van der Waals surface area contributed by atoms with Gasteiger partial charge in [-0.2, -0.15) is 4.99 Å². The molecule has 0 bridgehead atoms. The Balaban J connectivity index is 1.30. The van der Waals surface area contributed by atoms with Gasteiger partial charge in [0.05, 0.1) is 17.0 Å². The van der Waals surface area contributed by atoms with Crippen LogP contribution in [0.15, 0.2) is 82.7 Å². The van der Waals surface area contributed by atoms with Crippen molar-refractivity contribution in [2.45, 2.75) is 6.61 Å². The molecule has 0 spiro atoms. The van der Waals surface area contributed by atoms with Crippen LogP contribution in [-0.4, -0.2) is 28.4 Å². The highest BCUT2D eigenvalue weighted by atomic mass is 35.5. The fourth-order valence-electron chi connectivity index (χ4n) is 3.35. The van der Waals surface area contributed by atoms with Gasteiger partial charge >= 0.3 is 0 Å². The molecule has 1 amide bonds. The molecular formula is C26H19ClN4O3S2. The number of carbonyl (C=O) groups excluding carboxylic acids is 1. The molecule has 1 aromatic heterocycles. The molecule has 36 heavy (non-hydrogen) atoms. The average Bonchev–Trinajstić information content (AvgIpc) is 3.50. The molecular weight excluding hydrogens is 516 g/mol. The van der Waals surface area contributed by atoms with Crippen molar-refractivity contribution in [2.75, 3.05) is 7.11 Å². The maximum atomic E-state index is 12.5. The molecule has 10 heteroatoms. The summed E-state index contributed by atoms with van der Waals surface area (Å²) >= 11 is 8.78. The van der Waals surface area contributed by atoms with Gasteiger partial charge in [-0.25, -0.2) is 0 Å². The number of nitrogens with zero attached hydrogens (tertiary/aromatic N) is 3. The molecule has 1 saturated heterocycles. The highest BCUT2D eigenvalue weighted by Gasteiger charge is 2.24. The molecule has 1 fully saturated rings. The normalized spacial score (nSPS) is 15.3. The third-order valence-corrected chi connectivity index (χ3v) is 7.18. The molecule has 5 rings (SSSR count). The Morgan fingerprint density at radius 1 is 1.03 bits per heavy atom. The first-order chi connectivity index (χ1) is 17.6. The van der Waals surface area contributed by atoms with Crippen molar-refractivity contribution < 1.29 is 14.3 Å². The quantitative estimate of drug-likeness (QED) is 0.278. The van der Waals surface area contributed by atoms with E-state index in [1.807, 2.05) is 66.7 Å². The monoisotopic (exact) mass is 534 g/mol. The minimum atomic E-state index is -0.238. The summed E-state index contributed by atoms with van der Waals surface area (Å²) in [5.74, 6) is 0.969. The second-order valence-electron chi connectivity index (χ2n) is 7.54. The van der Waals surface area contributed by atoms with Crippen molar-refractivity contribution >= 4 is 57.0 Å². The summed E-state index contributed by atoms with van der Waals surface area (Å²) < 4.78 is 11.4. The first-order valence-corrected chi connectivity index (χ1v) is 12.8. The molecule has 0 radical (unpaired) electrons. The first kappa shape index (κ1) is 24.1. The third kappa shape index (κ3) is 5.59. The van der Waals surface area contributed by atoms with Crippen LogP contribution in [-0.2, 0) is 11.4 Å². The van der Waals surface area contributed by atoms with Crippen molar-refractivity contribution in [3.63, 3.8) is 0 Å². The zero-order chi connectivity index (χ0) is 24.9. The number of hydrogen-bond donors (Lipinski definition) is 1. The van der Waals surface area contributed by atoms with Gasteiger partial charge in [-0.15, -0.1) is 10.2 Å². The van der Waals surface area contributed by atoms with Gasteiger partial charge in [-0.3, -0.25) is 4.79 Å². The summed E-state index contributed by atoms with van der Waals surface area (Å²) in [7, 11) is 1.59. The Bertz CT molecular complexity index is 1470. The zero-order valence-corrected chi connectivity index (χ0v) is 21.4. The van der Waals surface area contributed by atoms with E-state index in [9.17, 15) is 4.79 Å². The Hall–Kier alpha value is -3.66. The number of ether oxygens (including phenoxy) is 2. The van der Waals surface area contributed by atoms with Crippen LogP contribution in [0.25, 0.3) is 16.6 Å². The van der Waals surface area contributed by atoms with Crippen molar-refractivity contribution in [2.24, 2.45) is 4.99 Å². The van der Waals surface area contributed by atoms with Crippen LogP contribution in [0.4, 0.5) is 5.13 Å². The predicted molar refractivity (Wildman–Crippen MR) is 145 cm³/mol. The highest BCUT2D eigenvalue weighted by molar-refractivity contribution is 8.18. The molecule has 1 aliphatic rings. The smallest absolute Gasteiger partial charge is 0.264 e.